The number of ether oxygens (including phenoxy) is 1. The molecular formula is C26H29N7O2. The molecular weight excluding hydrogens is 442 g/mol. The SMILES string of the molecule is CN(C)CC(NC(=O)c1ncc(-c2c[nH]c3ncc(N4CCOCC4)cc23)cn1)c1ccccc1. The lowest BCUT2D eigenvalue weighted by Crippen LogP contribution is -2.36. The molecule has 4 aromatic rings. The van der Waals surface area contributed by atoms with Gasteiger partial charge in [-0.2, -0.15) is 0 Å². The maximum Gasteiger partial charge on any atom is 0.289 e. The van der Waals surface area contributed by atoms with Gasteiger partial charge < -0.3 is 24.8 Å². The van der Waals surface area contributed by atoms with E-state index in [9.17, 15) is 4.79 Å². The zero-order chi connectivity index (χ0) is 24.2. The van der Waals surface area contributed by atoms with Crippen molar-refractivity contribution in [1.29, 1.82) is 0 Å². The number of nitrogens with one attached hydrogen (secondary N) is 2. The smallest absolute Gasteiger partial charge is 0.289 e. The number of amides is 1. The number of aromatic amines is 1. The highest BCUT2D eigenvalue weighted by Gasteiger charge is 2.19. The first-order valence-corrected chi connectivity index (χ1v) is 11.7. The summed E-state index contributed by atoms with van der Waals surface area (Å²) >= 11 is 0. The summed E-state index contributed by atoms with van der Waals surface area (Å²) in [6, 6.07) is 11.9. The van der Waals surface area contributed by atoms with Crippen LogP contribution in [0.4, 0.5) is 5.69 Å². The number of nitrogens with zero attached hydrogens (tertiary/aromatic N) is 5. The number of carbonyl (C=O) groups excluding carboxylic acids is 1. The second-order valence-electron chi connectivity index (χ2n) is 8.89. The Balaban J connectivity index is 1.36. The average Bonchev–Trinajstić information content (AvgIpc) is 3.32. The molecule has 1 fully saturated rings. The standard InChI is InChI=1S/C26H29N7O2/c1-32(2)17-23(18-6-4-3-5-7-18)31-26(34)25-27-13-19(14-28-25)22-16-30-24-21(22)12-20(15-29-24)33-8-10-35-11-9-33/h3-7,12-16,23H,8-11,17H2,1-2H3,(H,29,30)(H,31,34). The van der Waals surface area contributed by atoms with E-state index in [1.807, 2.05) is 61.7 Å². The summed E-state index contributed by atoms with van der Waals surface area (Å²) in [7, 11) is 3.96. The van der Waals surface area contributed by atoms with Crippen LogP contribution in [0.25, 0.3) is 22.2 Å². The molecule has 180 valence electrons. The fraction of sp³-hybridized carbons (Fsp3) is 0.308. The quantitative estimate of drug-likeness (QED) is 0.428. The maximum absolute atomic E-state index is 13.0. The van der Waals surface area contributed by atoms with Crippen molar-refractivity contribution >= 4 is 22.6 Å². The number of hydrogen-bond acceptors (Lipinski definition) is 7. The number of pyridine rings is 1. The van der Waals surface area contributed by atoms with Crippen LogP contribution >= 0.6 is 0 Å². The third kappa shape index (κ3) is 5.16. The van der Waals surface area contributed by atoms with Gasteiger partial charge in [0.25, 0.3) is 5.91 Å². The minimum absolute atomic E-state index is 0.139. The summed E-state index contributed by atoms with van der Waals surface area (Å²) in [6.07, 6.45) is 7.17. The van der Waals surface area contributed by atoms with E-state index in [2.05, 4.69) is 36.2 Å². The summed E-state index contributed by atoms with van der Waals surface area (Å²) in [5.74, 6) is -0.164. The Hall–Kier alpha value is -3.82. The van der Waals surface area contributed by atoms with Gasteiger partial charge >= 0.3 is 0 Å². The fourth-order valence-corrected chi connectivity index (χ4v) is 4.32. The van der Waals surface area contributed by atoms with Crippen LogP contribution in [0.5, 0.6) is 0 Å². The molecule has 1 atom stereocenters. The van der Waals surface area contributed by atoms with Crippen LogP contribution in [-0.2, 0) is 4.74 Å². The van der Waals surface area contributed by atoms with Gasteiger partial charge in [-0.05, 0) is 25.7 Å². The summed E-state index contributed by atoms with van der Waals surface area (Å²) in [6.45, 7) is 3.79. The Morgan fingerprint density at radius 2 is 1.86 bits per heavy atom. The lowest BCUT2D eigenvalue weighted by Gasteiger charge is -2.28. The van der Waals surface area contributed by atoms with E-state index in [1.54, 1.807) is 12.4 Å². The minimum Gasteiger partial charge on any atom is -0.378 e. The third-order valence-electron chi connectivity index (χ3n) is 6.11. The second-order valence-corrected chi connectivity index (χ2v) is 8.89. The summed E-state index contributed by atoms with van der Waals surface area (Å²) in [5.41, 5.74) is 4.67. The summed E-state index contributed by atoms with van der Waals surface area (Å²) in [4.78, 5) is 33.8. The van der Waals surface area contributed by atoms with E-state index < -0.39 is 0 Å². The van der Waals surface area contributed by atoms with Crippen LogP contribution in [0, 0.1) is 0 Å². The number of anilines is 1. The zero-order valence-corrected chi connectivity index (χ0v) is 19.9. The molecule has 2 N–H and O–H groups in total. The van der Waals surface area contributed by atoms with Crippen molar-refractivity contribution in [3.8, 4) is 11.1 Å². The van der Waals surface area contributed by atoms with Gasteiger partial charge in [0.2, 0.25) is 5.82 Å². The Morgan fingerprint density at radius 1 is 1.11 bits per heavy atom. The molecule has 1 saturated heterocycles. The van der Waals surface area contributed by atoms with Crippen LogP contribution in [0.15, 0.2) is 61.2 Å². The molecule has 1 aliphatic heterocycles. The minimum atomic E-state index is -0.303. The lowest BCUT2D eigenvalue weighted by atomic mass is 10.1. The third-order valence-corrected chi connectivity index (χ3v) is 6.11. The molecule has 0 bridgehead atoms. The number of H-pyrrole nitrogens is 1. The first kappa shape index (κ1) is 22.9. The Bertz CT molecular complexity index is 1280. The number of aromatic nitrogens is 4. The Morgan fingerprint density at radius 3 is 2.57 bits per heavy atom. The first-order chi connectivity index (χ1) is 17.1. The molecule has 35 heavy (non-hydrogen) atoms. The molecule has 5 rings (SSSR count). The highest BCUT2D eigenvalue weighted by molar-refractivity contribution is 5.95. The monoisotopic (exact) mass is 471 g/mol. The molecule has 1 unspecified atom stereocenters. The summed E-state index contributed by atoms with van der Waals surface area (Å²) in [5, 5.41) is 4.06. The number of hydrogen-bond donors (Lipinski definition) is 2. The molecule has 0 saturated carbocycles. The number of carbonyl (C=O) groups is 1. The average molecular weight is 472 g/mol. The van der Waals surface area contributed by atoms with E-state index in [4.69, 9.17) is 4.74 Å². The van der Waals surface area contributed by atoms with Gasteiger partial charge in [-0.3, -0.25) is 4.79 Å². The highest BCUT2D eigenvalue weighted by Crippen LogP contribution is 2.30. The molecule has 9 heteroatoms. The van der Waals surface area contributed by atoms with Gasteiger partial charge in [0, 0.05) is 54.7 Å². The van der Waals surface area contributed by atoms with Crippen molar-refractivity contribution < 1.29 is 9.53 Å². The number of fused-ring (bicyclic) bond motifs is 1. The normalized spacial score (nSPS) is 14.9. The molecule has 3 aromatic heterocycles. The Labute approximate surface area is 204 Å². The molecule has 1 aromatic carbocycles. The van der Waals surface area contributed by atoms with E-state index in [1.165, 1.54) is 0 Å². The Kier molecular flexibility index (Phi) is 6.69. The van der Waals surface area contributed by atoms with Crippen molar-refractivity contribution in [1.82, 2.24) is 30.2 Å². The number of morpholine rings is 1. The number of rotatable bonds is 7. The molecule has 1 aliphatic rings. The van der Waals surface area contributed by atoms with Crippen molar-refractivity contribution in [3.05, 3.63) is 72.6 Å². The van der Waals surface area contributed by atoms with Gasteiger partial charge in [0.05, 0.1) is 31.1 Å². The van der Waals surface area contributed by atoms with Crippen molar-refractivity contribution in [2.45, 2.75) is 6.04 Å². The van der Waals surface area contributed by atoms with Gasteiger partial charge in [0.15, 0.2) is 0 Å². The number of benzene rings is 1. The van der Waals surface area contributed by atoms with Gasteiger partial charge in [-0.1, -0.05) is 30.3 Å². The predicted octanol–water partition coefficient (Wildman–Crippen LogP) is 2.89. The summed E-state index contributed by atoms with van der Waals surface area (Å²) < 4.78 is 5.47. The van der Waals surface area contributed by atoms with E-state index in [0.717, 1.165) is 59.7 Å². The first-order valence-electron chi connectivity index (χ1n) is 11.7. The predicted molar refractivity (Wildman–Crippen MR) is 135 cm³/mol. The molecule has 9 nitrogen and oxygen atoms in total. The maximum atomic E-state index is 13.0. The molecule has 4 heterocycles. The van der Waals surface area contributed by atoms with Crippen LogP contribution in [0.1, 0.15) is 22.2 Å². The van der Waals surface area contributed by atoms with Gasteiger partial charge in [-0.25, -0.2) is 15.0 Å². The van der Waals surface area contributed by atoms with Crippen molar-refractivity contribution in [2.24, 2.45) is 0 Å². The van der Waals surface area contributed by atoms with E-state index >= 15 is 0 Å². The van der Waals surface area contributed by atoms with Crippen LogP contribution in [-0.4, -0.2) is 77.7 Å². The fourth-order valence-electron chi connectivity index (χ4n) is 4.32. The molecule has 0 aliphatic carbocycles. The molecule has 0 radical (unpaired) electrons. The topological polar surface area (TPSA) is 99.3 Å². The van der Waals surface area contributed by atoms with Gasteiger partial charge in [-0.15, -0.1) is 0 Å². The van der Waals surface area contributed by atoms with E-state index in [-0.39, 0.29) is 17.8 Å². The zero-order valence-electron chi connectivity index (χ0n) is 19.9. The second kappa shape index (κ2) is 10.2. The lowest BCUT2D eigenvalue weighted by molar-refractivity contribution is 0.0919. The van der Waals surface area contributed by atoms with Crippen LogP contribution in [0.2, 0.25) is 0 Å². The van der Waals surface area contributed by atoms with Gasteiger partial charge in [0.1, 0.15) is 5.65 Å². The van der Waals surface area contributed by atoms with Crippen LogP contribution in [0.3, 0.4) is 0 Å². The highest BCUT2D eigenvalue weighted by atomic mass is 16.5. The van der Waals surface area contributed by atoms with Crippen molar-refractivity contribution in [3.63, 3.8) is 0 Å². The molecule has 0 spiro atoms. The van der Waals surface area contributed by atoms with E-state index in [0.29, 0.717) is 6.54 Å². The van der Waals surface area contributed by atoms with Crippen molar-refractivity contribution in [2.75, 3.05) is 51.8 Å². The largest absolute Gasteiger partial charge is 0.378 e. The van der Waals surface area contributed by atoms with Crippen LogP contribution < -0.4 is 10.2 Å². The molecule has 1 amide bonds. The number of likely N-dealkylation sites (N-methyl/N-ethyl adjacent to an activating group) is 1.